The molecular formula is C17H16ClNO3. The van der Waals surface area contributed by atoms with Crippen molar-refractivity contribution in [3.8, 4) is 0 Å². The molecule has 114 valence electrons. The number of benzene rings is 2. The third-order valence-corrected chi connectivity index (χ3v) is 3.56. The van der Waals surface area contributed by atoms with Gasteiger partial charge in [0.05, 0.1) is 10.6 Å². The van der Waals surface area contributed by atoms with E-state index in [9.17, 15) is 9.59 Å². The number of halogens is 1. The molecule has 0 unspecified atom stereocenters. The lowest BCUT2D eigenvalue weighted by molar-refractivity contribution is -0.137. The quantitative estimate of drug-likeness (QED) is 0.890. The van der Waals surface area contributed by atoms with Crippen molar-refractivity contribution < 1.29 is 14.7 Å². The van der Waals surface area contributed by atoms with Gasteiger partial charge in [-0.25, -0.2) is 0 Å². The average Bonchev–Trinajstić information content (AvgIpc) is 2.52. The largest absolute Gasteiger partial charge is 0.480 e. The summed E-state index contributed by atoms with van der Waals surface area (Å²) >= 11 is 6.02. The van der Waals surface area contributed by atoms with E-state index in [4.69, 9.17) is 16.7 Å². The number of rotatable bonds is 6. The number of nitrogens with zero attached hydrogens (tertiary/aromatic N) is 1. The van der Waals surface area contributed by atoms with Gasteiger partial charge < -0.3 is 10.0 Å². The highest BCUT2D eigenvalue weighted by Gasteiger charge is 2.20. The Bertz CT molecular complexity index is 658. The van der Waals surface area contributed by atoms with E-state index in [1.54, 1.807) is 24.3 Å². The van der Waals surface area contributed by atoms with Gasteiger partial charge in [0, 0.05) is 6.54 Å². The van der Waals surface area contributed by atoms with Gasteiger partial charge in [0.2, 0.25) is 0 Å². The van der Waals surface area contributed by atoms with Crippen molar-refractivity contribution in [2.24, 2.45) is 0 Å². The van der Waals surface area contributed by atoms with Gasteiger partial charge in [-0.05, 0) is 24.1 Å². The Kier molecular flexibility index (Phi) is 5.55. The summed E-state index contributed by atoms with van der Waals surface area (Å²) in [4.78, 5) is 24.8. The number of hydrogen-bond acceptors (Lipinski definition) is 2. The molecule has 1 N–H and O–H groups in total. The first kappa shape index (κ1) is 16.0. The number of hydrogen-bond donors (Lipinski definition) is 1. The van der Waals surface area contributed by atoms with Crippen molar-refractivity contribution in [2.45, 2.75) is 6.42 Å². The minimum atomic E-state index is -1.05. The average molecular weight is 318 g/mol. The van der Waals surface area contributed by atoms with Gasteiger partial charge in [-0.3, -0.25) is 9.59 Å². The number of carboxylic acid groups (broad SMARTS) is 1. The first-order valence-electron chi connectivity index (χ1n) is 6.87. The lowest BCUT2D eigenvalue weighted by Crippen LogP contribution is -2.37. The fourth-order valence-corrected chi connectivity index (χ4v) is 2.35. The van der Waals surface area contributed by atoms with Gasteiger partial charge in [0.15, 0.2) is 0 Å². The van der Waals surface area contributed by atoms with Crippen LogP contribution in [0.25, 0.3) is 0 Å². The molecule has 2 aromatic rings. The molecule has 0 fully saturated rings. The topological polar surface area (TPSA) is 57.6 Å². The van der Waals surface area contributed by atoms with E-state index in [2.05, 4.69) is 0 Å². The maximum atomic E-state index is 12.5. The molecule has 0 atom stereocenters. The molecule has 0 bridgehead atoms. The van der Waals surface area contributed by atoms with Gasteiger partial charge in [-0.2, -0.15) is 0 Å². The molecule has 5 heteroatoms. The highest BCUT2D eigenvalue weighted by molar-refractivity contribution is 6.33. The highest BCUT2D eigenvalue weighted by Crippen LogP contribution is 2.17. The van der Waals surface area contributed by atoms with Gasteiger partial charge in [-0.15, -0.1) is 0 Å². The maximum Gasteiger partial charge on any atom is 0.323 e. The zero-order valence-electron chi connectivity index (χ0n) is 11.9. The van der Waals surface area contributed by atoms with Crippen molar-refractivity contribution in [2.75, 3.05) is 13.1 Å². The van der Waals surface area contributed by atoms with Gasteiger partial charge >= 0.3 is 5.97 Å². The Hall–Kier alpha value is -2.33. The smallest absolute Gasteiger partial charge is 0.323 e. The number of carboxylic acids is 1. The molecule has 0 radical (unpaired) electrons. The predicted octanol–water partition coefficient (Wildman–Crippen LogP) is 3.11. The van der Waals surface area contributed by atoms with Crippen LogP contribution in [0, 0.1) is 0 Å². The van der Waals surface area contributed by atoms with Gasteiger partial charge in [0.1, 0.15) is 6.54 Å². The van der Waals surface area contributed by atoms with Crippen molar-refractivity contribution in [1.82, 2.24) is 4.90 Å². The summed E-state index contributed by atoms with van der Waals surface area (Å²) in [7, 11) is 0. The molecule has 22 heavy (non-hydrogen) atoms. The Labute approximate surface area is 133 Å². The van der Waals surface area contributed by atoms with Gasteiger partial charge in [-0.1, -0.05) is 54.1 Å². The van der Waals surface area contributed by atoms with Gasteiger partial charge in [0.25, 0.3) is 5.91 Å². The fourth-order valence-electron chi connectivity index (χ4n) is 2.13. The highest BCUT2D eigenvalue weighted by atomic mass is 35.5. The molecule has 0 aliphatic heterocycles. The van der Waals surface area contributed by atoms with E-state index < -0.39 is 5.97 Å². The Balaban J connectivity index is 2.13. The normalized spacial score (nSPS) is 10.2. The summed E-state index contributed by atoms with van der Waals surface area (Å²) in [5.74, 6) is -1.42. The van der Waals surface area contributed by atoms with E-state index in [0.717, 1.165) is 5.56 Å². The zero-order chi connectivity index (χ0) is 15.9. The van der Waals surface area contributed by atoms with E-state index in [0.29, 0.717) is 23.6 Å². The number of aliphatic carboxylic acids is 1. The van der Waals surface area contributed by atoms with Crippen molar-refractivity contribution >= 4 is 23.5 Å². The van der Waals surface area contributed by atoms with E-state index >= 15 is 0 Å². The molecule has 0 aliphatic rings. The molecular weight excluding hydrogens is 302 g/mol. The Morgan fingerprint density at radius 3 is 2.27 bits per heavy atom. The lowest BCUT2D eigenvalue weighted by Gasteiger charge is -2.21. The van der Waals surface area contributed by atoms with E-state index in [1.165, 1.54) is 4.90 Å². The summed E-state index contributed by atoms with van der Waals surface area (Å²) in [5, 5.41) is 9.34. The molecule has 0 saturated carbocycles. The summed E-state index contributed by atoms with van der Waals surface area (Å²) in [5.41, 5.74) is 1.36. The minimum absolute atomic E-state index is 0.318. The predicted molar refractivity (Wildman–Crippen MR) is 85.1 cm³/mol. The van der Waals surface area contributed by atoms with Crippen LogP contribution >= 0.6 is 11.6 Å². The standard InChI is InChI=1S/C17H16ClNO3/c18-15-9-5-4-8-14(15)17(22)19(12-16(20)21)11-10-13-6-2-1-3-7-13/h1-9H,10-12H2,(H,20,21). The Morgan fingerprint density at radius 1 is 1.00 bits per heavy atom. The number of carbonyl (C=O) groups excluding carboxylic acids is 1. The fraction of sp³-hybridized carbons (Fsp3) is 0.176. The minimum Gasteiger partial charge on any atom is -0.480 e. The molecule has 2 rings (SSSR count). The van der Waals surface area contributed by atoms with Crippen LogP contribution in [-0.2, 0) is 11.2 Å². The van der Waals surface area contributed by atoms with Crippen LogP contribution in [0.5, 0.6) is 0 Å². The van der Waals surface area contributed by atoms with Crippen LogP contribution in [0.2, 0.25) is 5.02 Å². The van der Waals surface area contributed by atoms with E-state index in [1.807, 2.05) is 30.3 Å². The maximum absolute atomic E-state index is 12.5. The third-order valence-electron chi connectivity index (χ3n) is 3.23. The van der Waals surface area contributed by atoms with Crippen LogP contribution in [-0.4, -0.2) is 35.0 Å². The Morgan fingerprint density at radius 2 is 1.64 bits per heavy atom. The molecule has 0 aliphatic carbocycles. The zero-order valence-corrected chi connectivity index (χ0v) is 12.7. The van der Waals surface area contributed by atoms with Crippen LogP contribution in [0.15, 0.2) is 54.6 Å². The summed E-state index contributed by atoms with van der Waals surface area (Å²) in [6, 6.07) is 16.3. The summed E-state index contributed by atoms with van der Waals surface area (Å²) in [6.07, 6.45) is 0.588. The van der Waals surface area contributed by atoms with Crippen LogP contribution in [0.4, 0.5) is 0 Å². The number of carbonyl (C=O) groups is 2. The van der Waals surface area contributed by atoms with E-state index in [-0.39, 0.29) is 12.5 Å². The second-order valence-electron chi connectivity index (χ2n) is 4.84. The second-order valence-corrected chi connectivity index (χ2v) is 5.24. The molecule has 0 spiro atoms. The summed E-state index contributed by atoms with van der Waals surface area (Å²) in [6.45, 7) is -0.0305. The molecule has 4 nitrogen and oxygen atoms in total. The van der Waals surface area contributed by atoms with Crippen molar-refractivity contribution in [1.29, 1.82) is 0 Å². The summed E-state index contributed by atoms with van der Waals surface area (Å²) < 4.78 is 0. The molecule has 0 heterocycles. The number of amides is 1. The van der Waals surface area contributed by atoms with Crippen molar-refractivity contribution in [3.63, 3.8) is 0 Å². The van der Waals surface area contributed by atoms with Crippen molar-refractivity contribution in [3.05, 3.63) is 70.7 Å². The third kappa shape index (κ3) is 4.33. The molecule has 0 saturated heterocycles. The van der Waals surface area contributed by atoms with Crippen LogP contribution < -0.4 is 0 Å². The molecule has 0 aromatic heterocycles. The van der Waals surface area contributed by atoms with Crippen LogP contribution in [0.1, 0.15) is 15.9 Å². The second kappa shape index (κ2) is 7.61. The first-order valence-corrected chi connectivity index (χ1v) is 7.25. The molecule has 2 aromatic carbocycles. The van der Waals surface area contributed by atoms with Crippen LogP contribution in [0.3, 0.4) is 0 Å². The SMILES string of the molecule is O=C(O)CN(CCc1ccccc1)C(=O)c1ccccc1Cl. The molecule has 1 amide bonds. The monoisotopic (exact) mass is 317 g/mol. The first-order chi connectivity index (χ1) is 10.6. The lowest BCUT2D eigenvalue weighted by atomic mass is 10.1.